The fourth-order valence-corrected chi connectivity index (χ4v) is 2.16. The molecule has 2 heterocycles. The lowest BCUT2D eigenvalue weighted by molar-refractivity contribution is -0.131. The Morgan fingerprint density at radius 2 is 2.00 bits per heavy atom. The molecular formula is C17H13N3O3. The number of hydrogen-bond acceptors (Lipinski definition) is 3. The zero-order valence-electron chi connectivity index (χ0n) is 12.0. The lowest BCUT2D eigenvalue weighted by Crippen LogP contribution is -2.08. The Hall–Kier alpha value is -3.41. The summed E-state index contributed by atoms with van der Waals surface area (Å²) in [5, 5.41) is 11.1. The van der Waals surface area contributed by atoms with Gasteiger partial charge in [-0.3, -0.25) is 4.79 Å². The number of nitrogens with zero attached hydrogens (tertiary/aromatic N) is 2. The molecule has 0 fully saturated rings. The maximum absolute atomic E-state index is 11.6. The van der Waals surface area contributed by atoms with Crippen molar-refractivity contribution in [2.75, 3.05) is 5.32 Å². The number of carboxylic acid groups (broad SMARTS) is 1. The summed E-state index contributed by atoms with van der Waals surface area (Å²) < 4.78 is 1.91. The van der Waals surface area contributed by atoms with E-state index >= 15 is 0 Å². The number of aliphatic carboxylic acids is 1. The highest BCUT2D eigenvalue weighted by atomic mass is 16.4. The van der Waals surface area contributed by atoms with Crippen molar-refractivity contribution in [3.63, 3.8) is 0 Å². The molecule has 114 valence electrons. The molecule has 0 bridgehead atoms. The van der Waals surface area contributed by atoms with E-state index in [1.807, 2.05) is 41.1 Å². The van der Waals surface area contributed by atoms with Gasteiger partial charge in [-0.25, -0.2) is 9.78 Å². The lowest BCUT2D eigenvalue weighted by atomic mass is 10.1. The fourth-order valence-electron chi connectivity index (χ4n) is 2.16. The molecule has 6 heteroatoms. The number of anilines is 1. The first-order valence-electron chi connectivity index (χ1n) is 6.88. The minimum atomic E-state index is -1.17. The summed E-state index contributed by atoms with van der Waals surface area (Å²) in [6.45, 7) is 0. The molecule has 0 aliphatic heterocycles. The van der Waals surface area contributed by atoms with E-state index in [1.54, 1.807) is 18.2 Å². The van der Waals surface area contributed by atoms with E-state index in [0.29, 0.717) is 5.69 Å². The predicted octanol–water partition coefficient (Wildman–Crippen LogP) is 2.58. The van der Waals surface area contributed by atoms with Gasteiger partial charge in [-0.1, -0.05) is 18.2 Å². The quantitative estimate of drug-likeness (QED) is 0.726. The van der Waals surface area contributed by atoms with Crippen molar-refractivity contribution < 1.29 is 14.7 Å². The van der Waals surface area contributed by atoms with Crippen LogP contribution in [-0.2, 0) is 9.59 Å². The first kappa shape index (κ1) is 14.5. The van der Waals surface area contributed by atoms with Crippen LogP contribution in [0.1, 0.15) is 0 Å². The molecule has 1 aromatic carbocycles. The van der Waals surface area contributed by atoms with Crippen LogP contribution in [0.15, 0.2) is 67.0 Å². The summed E-state index contributed by atoms with van der Waals surface area (Å²) in [5.41, 5.74) is 3.04. The van der Waals surface area contributed by atoms with Gasteiger partial charge < -0.3 is 14.8 Å². The number of benzene rings is 1. The molecule has 2 aromatic heterocycles. The van der Waals surface area contributed by atoms with Crippen LogP contribution in [0.4, 0.5) is 5.69 Å². The molecule has 1 amide bonds. The number of fused-ring (bicyclic) bond motifs is 1. The molecule has 2 N–H and O–H groups in total. The Balaban J connectivity index is 1.84. The third-order valence-electron chi connectivity index (χ3n) is 3.17. The van der Waals surface area contributed by atoms with Crippen molar-refractivity contribution in [1.82, 2.24) is 9.38 Å². The average Bonchev–Trinajstić information content (AvgIpc) is 2.97. The summed E-state index contributed by atoms with van der Waals surface area (Å²) in [6.07, 6.45) is 5.58. The van der Waals surface area contributed by atoms with Crippen LogP contribution in [0.2, 0.25) is 0 Å². The molecule has 3 rings (SSSR count). The molecule has 0 saturated carbocycles. The molecule has 3 aromatic rings. The Morgan fingerprint density at radius 3 is 2.78 bits per heavy atom. The molecule has 0 atom stereocenters. The van der Waals surface area contributed by atoms with Gasteiger partial charge in [0.05, 0.1) is 5.69 Å². The smallest absolute Gasteiger partial charge is 0.328 e. The Morgan fingerprint density at radius 1 is 1.13 bits per heavy atom. The predicted molar refractivity (Wildman–Crippen MR) is 86.0 cm³/mol. The summed E-state index contributed by atoms with van der Waals surface area (Å²) in [4.78, 5) is 26.5. The van der Waals surface area contributed by atoms with Crippen molar-refractivity contribution in [3.8, 4) is 11.3 Å². The van der Waals surface area contributed by atoms with Crippen LogP contribution in [0, 0.1) is 0 Å². The number of imidazole rings is 1. The number of amides is 1. The van der Waals surface area contributed by atoms with E-state index < -0.39 is 11.9 Å². The zero-order valence-corrected chi connectivity index (χ0v) is 12.0. The Labute approximate surface area is 131 Å². The third-order valence-corrected chi connectivity index (χ3v) is 3.17. The van der Waals surface area contributed by atoms with Gasteiger partial charge in [0, 0.05) is 35.8 Å². The average molecular weight is 307 g/mol. The van der Waals surface area contributed by atoms with Crippen LogP contribution in [-0.4, -0.2) is 26.4 Å². The topological polar surface area (TPSA) is 83.7 Å². The van der Waals surface area contributed by atoms with Crippen molar-refractivity contribution in [1.29, 1.82) is 0 Å². The number of carboxylic acids is 1. The Bertz CT molecular complexity index is 879. The minimum Gasteiger partial charge on any atom is -0.478 e. The monoisotopic (exact) mass is 307 g/mol. The first-order chi connectivity index (χ1) is 11.1. The normalized spacial score (nSPS) is 11.0. The van der Waals surface area contributed by atoms with Gasteiger partial charge in [0.15, 0.2) is 0 Å². The van der Waals surface area contributed by atoms with Crippen LogP contribution in [0.25, 0.3) is 16.9 Å². The van der Waals surface area contributed by atoms with Crippen molar-refractivity contribution >= 4 is 23.2 Å². The van der Waals surface area contributed by atoms with Crippen LogP contribution >= 0.6 is 0 Å². The minimum absolute atomic E-state index is 0.500. The molecular weight excluding hydrogens is 294 g/mol. The molecule has 23 heavy (non-hydrogen) atoms. The maximum atomic E-state index is 11.6. The van der Waals surface area contributed by atoms with Crippen LogP contribution < -0.4 is 5.32 Å². The highest BCUT2D eigenvalue weighted by molar-refractivity contribution is 6.02. The van der Waals surface area contributed by atoms with E-state index in [-0.39, 0.29) is 0 Å². The van der Waals surface area contributed by atoms with Gasteiger partial charge in [0.1, 0.15) is 5.65 Å². The van der Waals surface area contributed by atoms with E-state index in [2.05, 4.69) is 10.3 Å². The van der Waals surface area contributed by atoms with Crippen LogP contribution in [0.5, 0.6) is 0 Å². The van der Waals surface area contributed by atoms with Gasteiger partial charge in [-0.05, 0) is 24.3 Å². The SMILES string of the molecule is O=C(O)/C=C/C(=O)Nc1cccc(-c2cn3ccccc3n2)c1. The molecule has 0 spiro atoms. The second-order valence-electron chi connectivity index (χ2n) is 4.83. The molecule has 0 saturated heterocycles. The maximum Gasteiger partial charge on any atom is 0.328 e. The van der Waals surface area contributed by atoms with Gasteiger partial charge in [-0.15, -0.1) is 0 Å². The first-order valence-corrected chi connectivity index (χ1v) is 6.88. The molecule has 0 radical (unpaired) electrons. The molecule has 0 unspecified atom stereocenters. The standard InChI is InChI=1S/C17H13N3O3/c21-16(7-8-17(22)23)18-13-5-3-4-12(10-13)14-11-20-9-2-1-6-15(20)19-14/h1-11H,(H,18,21)(H,22,23)/b8-7+. The van der Waals surface area contributed by atoms with E-state index in [0.717, 1.165) is 29.1 Å². The summed E-state index contributed by atoms with van der Waals surface area (Å²) >= 11 is 0. The van der Waals surface area contributed by atoms with Crippen molar-refractivity contribution in [3.05, 3.63) is 67.0 Å². The summed E-state index contributed by atoms with van der Waals surface area (Å²) in [7, 11) is 0. The zero-order chi connectivity index (χ0) is 16.2. The summed E-state index contributed by atoms with van der Waals surface area (Å²) in [6, 6.07) is 13.0. The highest BCUT2D eigenvalue weighted by Crippen LogP contribution is 2.22. The van der Waals surface area contributed by atoms with E-state index in [1.165, 1.54) is 0 Å². The van der Waals surface area contributed by atoms with E-state index in [4.69, 9.17) is 5.11 Å². The second-order valence-corrected chi connectivity index (χ2v) is 4.83. The van der Waals surface area contributed by atoms with Gasteiger partial charge >= 0.3 is 5.97 Å². The second kappa shape index (κ2) is 6.15. The number of hydrogen-bond donors (Lipinski definition) is 2. The number of aromatic nitrogens is 2. The van der Waals surface area contributed by atoms with Gasteiger partial charge in [-0.2, -0.15) is 0 Å². The molecule has 0 aliphatic carbocycles. The van der Waals surface area contributed by atoms with Gasteiger partial charge in [0.2, 0.25) is 5.91 Å². The number of pyridine rings is 1. The van der Waals surface area contributed by atoms with E-state index in [9.17, 15) is 9.59 Å². The van der Waals surface area contributed by atoms with Crippen LogP contribution in [0.3, 0.4) is 0 Å². The fraction of sp³-hybridized carbons (Fsp3) is 0. The number of rotatable bonds is 4. The highest BCUT2D eigenvalue weighted by Gasteiger charge is 2.06. The van der Waals surface area contributed by atoms with Crippen molar-refractivity contribution in [2.45, 2.75) is 0 Å². The molecule has 6 nitrogen and oxygen atoms in total. The number of nitrogens with one attached hydrogen (secondary N) is 1. The van der Waals surface area contributed by atoms with Gasteiger partial charge in [0.25, 0.3) is 0 Å². The summed E-state index contributed by atoms with van der Waals surface area (Å²) in [5.74, 6) is -1.67. The Kier molecular flexibility index (Phi) is 3.88. The largest absolute Gasteiger partial charge is 0.478 e. The number of carbonyl (C=O) groups excluding carboxylic acids is 1. The molecule has 0 aliphatic rings. The third kappa shape index (κ3) is 3.44. The lowest BCUT2D eigenvalue weighted by Gasteiger charge is -2.04. The number of carbonyl (C=O) groups is 2. The van der Waals surface area contributed by atoms with Crippen molar-refractivity contribution in [2.24, 2.45) is 0 Å².